The average molecular weight is 328 g/mol. The Balaban J connectivity index is 1.66. The molecule has 3 rings (SSSR count). The van der Waals surface area contributed by atoms with Gasteiger partial charge >= 0.3 is 6.18 Å². The minimum atomic E-state index is -4.46. The molecule has 2 unspecified atom stereocenters. The summed E-state index contributed by atoms with van der Waals surface area (Å²) in [4.78, 5) is 24.9. The normalized spacial score (nSPS) is 24.0. The van der Waals surface area contributed by atoms with E-state index < -0.39 is 23.9 Å². The quantitative estimate of drug-likeness (QED) is 0.848. The van der Waals surface area contributed by atoms with Gasteiger partial charge in [0.25, 0.3) is 5.91 Å². The maximum atomic E-state index is 13.0. The van der Waals surface area contributed by atoms with E-state index in [-0.39, 0.29) is 36.9 Å². The first-order chi connectivity index (χ1) is 10.8. The van der Waals surface area contributed by atoms with E-state index >= 15 is 0 Å². The Kier molecular flexibility index (Phi) is 4.01. The van der Waals surface area contributed by atoms with Gasteiger partial charge in [-0.2, -0.15) is 13.2 Å². The second kappa shape index (κ2) is 5.84. The van der Waals surface area contributed by atoms with Crippen molar-refractivity contribution < 1.29 is 27.5 Å². The number of nitrogens with zero attached hydrogens (tertiary/aromatic N) is 1. The number of alkyl halides is 3. The molecule has 2 amide bonds. The van der Waals surface area contributed by atoms with Crippen LogP contribution in [0.3, 0.4) is 0 Å². The standard InChI is InChI=1S/C15H15F3N2O3/c16-15(17,18)11-4-2-1-3-9(11)6-20-7-10(5-13(20)21)19-14(22)12-8-23-12/h1-4,10,12H,5-8H2,(H,19,22). The first kappa shape index (κ1) is 15.8. The highest BCUT2D eigenvalue weighted by Crippen LogP contribution is 2.32. The number of nitrogens with one attached hydrogen (secondary N) is 1. The summed E-state index contributed by atoms with van der Waals surface area (Å²) in [6.45, 7) is 0.444. The average Bonchev–Trinajstić information content (AvgIpc) is 3.25. The van der Waals surface area contributed by atoms with Gasteiger partial charge in [-0.05, 0) is 11.6 Å². The second-order valence-corrected chi connectivity index (χ2v) is 5.66. The monoisotopic (exact) mass is 328 g/mol. The van der Waals surface area contributed by atoms with Gasteiger partial charge in [0.1, 0.15) is 0 Å². The number of ether oxygens (including phenoxy) is 1. The number of halogens is 3. The fourth-order valence-corrected chi connectivity index (χ4v) is 2.66. The minimum Gasteiger partial charge on any atom is -0.363 e. The van der Waals surface area contributed by atoms with Crippen molar-refractivity contribution in [3.8, 4) is 0 Å². The Bertz CT molecular complexity index is 629. The van der Waals surface area contributed by atoms with Crippen LogP contribution in [0.2, 0.25) is 0 Å². The Morgan fingerprint density at radius 3 is 2.70 bits per heavy atom. The molecule has 2 heterocycles. The van der Waals surface area contributed by atoms with Crippen molar-refractivity contribution in [2.45, 2.75) is 31.3 Å². The van der Waals surface area contributed by atoms with Crippen LogP contribution in [0.15, 0.2) is 24.3 Å². The van der Waals surface area contributed by atoms with E-state index in [4.69, 9.17) is 4.74 Å². The maximum Gasteiger partial charge on any atom is 0.416 e. The zero-order valence-corrected chi connectivity index (χ0v) is 12.1. The summed E-state index contributed by atoms with van der Waals surface area (Å²) >= 11 is 0. The Morgan fingerprint density at radius 1 is 1.35 bits per heavy atom. The van der Waals surface area contributed by atoms with E-state index in [1.807, 2.05) is 0 Å². The number of benzene rings is 1. The third kappa shape index (κ3) is 3.64. The number of carbonyl (C=O) groups excluding carboxylic acids is 2. The number of rotatable bonds is 4. The summed E-state index contributed by atoms with van der Waals surface area (Å²) in [5.41, 5.74) is -0.697. The molecule has 124 valence electrons. The molecule has 8 heteroatoms. The zero-order valence-electron chi connectivity index (χ0n) is 12.1. The Morgan fingerprint density at radius 2 is 2.04 bits per heavy atom. The van der Waals surface area contributed by atoms with Gasteiger partial charge in [0.2, 0.25) is 5.91 Å². The molecule has 0 aliphatic carbocycles. The van der Waals surface area contributed by atoms with Crippen LogP contribution < -0.4 is 5.32 Å². The van der Waals surface area contributed by atoms with Crippen molar-refractivity contribution in [2.75, 3.05) is 13.2 Å². The Hall–Kier alpha value is -2.09. The zero-order chi connectivity index (χ0) is 16.6. The van der Waals surface area contributed by atoms with E-state index in [1.165, 1.54) is 23.1 Å². The number of carbonyl (C=O) groups is 2. The molecule has 5 nitrogen and oxygen atoms in total. The van der Waals surface area contributed by atoms with Gasteiger partial charge in [0.05, 0.1) is 18.2 Å². The molecule has 23 heavy (non-hydrogen) atoms. The van der Waals surface area contributed by atoms with Crippen LogP contribution in [0, 0.1) is 0 Å². The molecule has 0 radical (unpaired) electrons. The summed E-state index contributed by atoms with van der Waals surface area (Å²) in [5, 5.41) is 2.68. The molecule has 2 aliphatic heterocycles. The topological polar surface area (TPSA) is 61.9 Å². The smallest absolute Gasteiger partial charge is 0.363 e. The van der Waals surface area contributed by atoms with Crippen molar-refractivity contribution in [1.29, 1.82) is 0 Å². The lowest BCUT2D eigenvalue weighted by atomic mass is 10.1. The van der Waals surface area contributed by atoms with Gasteiger partial charge in [-0.1, -0.05) is 18.2 Å². The number of likely N-dealkylation sites (tertiary alicyclic amines) is 1. The number of epoxide rings is 1. The van der Waals surface area contributed by atoms with Gasteiger partial charge in [-0.3, -0.25) is 9.59 Å². The van der Waals surface area contributed by atoms with Crippen LogP contribution in [-0.2, 0) is 27.0 Å². The summed E-state index contributed by atoms with van der Waals surface area (Å²) in [5.74, 6) is -0.552. The van der Waals surface area contributed by atoms with E-state index in [9.17, 15) is 22.8 Å². The molecule has 2 atom stereocenters. The van der Waals surface area contributed by atoms with E-state index in [1.54, 1.807) is 0 Å². The third-order valence-corrected chi connectivity index (χ3v) is 3.87. The van der Waals surface area contributed by atoms with Crippen LogP contribution in [0.4, 0.5) is 13.2 Å². The van der Waals surface area contributed by atoms with Gasteiger partial charge in [-0.15, -0.1) is 0 Å². The molecule has 0 bridgehead atoms. The SMILES string of the molecule is O=C(NC1CC(=O)N(Cc2ccccc2C(F)(F)F)C1)C1CO1. The van der Waals surface area contributed by atoms with Crippen molar-refractivity contribution >= 4 is 11.8 Å². The summed E-state index contributed by atoms with van der Waals surface area (Å²) < 4.78 is 43.8. The highest BCUT2D eigenvalue weighted by atomic mass is 19.4. The molecule has 2 saturated heterocycles. The van der Waals surface area contributed by atoms with Gasteiger partial charge < -0.3 is 15.0 Å². The first-order valence-corrected chi connectivity index (χ1v) is 7.19. The maximum absolute atomic E-state index is 13.0. The molecular formula is C15H15F3N2O3. The number of hydrogen-bond donors (Lipinski definition) is 1. The van der Waals surface area contributed by atoms with Gasteiger partial charge in [0, 0.05) is 19.5 Å². The van der Waals surface area contributed by atoms with Crippen LogP contribution in [-0.4, -0.2) is 42.0 Å². The molecule has 0 saturated carbocycles. The summed E-state index contributed by atoms with van der Waals surface area (Å²) in [6.07, 6.45) is -4.83. The molecule has 0 aromatic heterocycles. The molecule has 2 fully saturated rings. The largest absolute Gasteiger partial charge is 0.416 e. The number of hydrogen-bond acceptors (Lipinski definition) is 3. The second-order valence-electron chi connectivity index (χ2n) is 5.66. The van der Waals surface area contributed by atoms with Crippen LogP contribution in [0.5, 0.6) is 0 Å². The minimum absolute atomic E-state index is 0.0471. The molecule has 0 spiro atoms. The van der Waals surface area contributed by atoms with Crippen molar-refractivity contribution in [3.63, 3.8) is 0 Å². The summed E-state index contributed by atoms with van der Waals surface area (Å²) in [7, 11) is 0. The molecule has 1 N–H and O–H groups in total. The molecular weight excluding hydrogens is 313 g/mol. The van der Waals surface area contributed by atoms with E-state index in [2.05, 4.69) is 5.32 Å². The first-order valence-electron chi connectivity index (χ1n) is 7.19. The fraction of sp³-hybridized carbons (Fsp3) is 0.467. The lowest BCUT2D eigenvalue weighted by Gasteiger charge is -2.20. The van der Waals surface area contributed by atoms with E-state index in [0.29, 0.717) is 6.61 Å². The van der Waals surface area contributed by atoms with Gasteiger partial charge in [-0.25, -0.2) is 0 Å². The third-order valence-electron chi connectivity index (χ3n) is 3.87. The Labute approximate surface area is 130 Å². The van der Waals surface area contributed by atoms with Crippen molar-refractivity contribution in [2.24, 2.45) is 0 Å². The van der Waals surface area contributed by atoms with Crippen LogP contribution >= 0.6 is 0 Å². The summed E-state index contributed by atoms with van der Waals surface area (Å²) in [6, 6.07) is 4.79. The highest BCUT2D eigenvalue weighted by molar-refractivity contribution is 5.85. The lowest BCUT2D eigenvalue weighted by molar-refractivity contribution is -0.139. The van der Waals surface area contributed by atoms with E-state index in [0.717, 1.165) is 6.07 Å². The predicted octanol–water partition coefficient (Wildman–Crippen LogP) is 1.32. The van der Waals surface area contributed by atoms with Crippen LogP contribution in [0.1, 0.15) is 17.5 Å². The fourth-order valence-electron chi connectivity index (χ4n) is 2.66. The molecule has 1 aromatic carbocycles. The van der Waals surface area contributed by atoms with Gasteiger partial charge in [0.15, 0.2) is 6.10 Å². The highest BCUT2D eigenvalue weighted by Gasteiger charge is 2.38. The number of amides is 2. The van der Waals surface area contributed by atoms with Crippen molar-refractivity contribution in [1.82, 2.24) is 10.2 Å². The van der Waals surface area contributed by atoms with Crippen LogP contribution in [0.25, 0.3) is 0 Å². The lowest BCUT2D eigenvalue weighted by Crippen LogP contribution is -2.39. The predicted molar refractivity (Wildman–Crippen MR) is 73.1 cm³/mol. The van der Waals surface area contributed by atoms with Crippen molar-refractivity contribution in [3.05, 3.63) is 35.4 Å². The molecule has 1 aromatic rings. The molecule has 2 aliphatic rings.